The molecule has 2 aromatic heterocycles. The first-order chi connectivity index (χ1) is 15.8. The van der Waals surface area contributed by atoms with E-state index in [2.05, 4.69) is 25.7 Å². The maximum Gasteiger partial charge on any atom is 0.323 e. The maximum atomic E-state index is 13.3. The molecule has 0 aliphatic carbocycles. The molecule has 0 unspecified atom stereocenters. The topological polar surface area (TPSA) is 94.0 Å². The number of amides is 2. The van der Waals surface area contributed by atoms with Crippen molar-refractivity contribution < 1.29 is 18.3 Å². The number of hydrogen-bond acceptors (Lipinski definition) is 5. The van der Waals surface area contributed by atoms with E-state index in [1.54, 1.807) is 35.0 Å². The van der Waals surface area contributed by atoms with Crippen LogP contribution in [0.15, 0.2) is 54.9 Å². The summed E-state index contributed by atoms with van der Waals surface area (Å²) < 4.78 is 33.8. The van der Waals surface area contributed by atoms with Crippen LogP contribution in [0.4, 0.5) is 25.0 Å². The van der Waals surface area contributed by atoms with Gasteiger partial charge in [0.15, 0.2) is 17.5 Å². The highest BCUT2D eigenvalue weighted by molar-refractivity contribution is 5.99. The van der Waals surface area contributed by atoms with Gasteiger partial charge in [-0.3, -0.25) is 0 Å². The Bertz CT molecular complexity index is 1320. The van der Waals surface area contributed by atoms with Crippen LogP contribution in [0.5, 0.6) is 11.6 Å². The lowest BCUT2D eigenvalue weighted by molar-refractivity contribution is 0.262. The summed E-state index contributed by atoms with van der Waals surface area (Å²) in [5.74, 6) is -0.619. The van der Waals surface area contributed by atoms with Gasteiger partial charge in [0.1, 0.15) is 12.1 Å². The first-order valence-corrected chi connectivity index (χ1v) is 9.96. The summed E-state index contributed by atoms with van der Waals surface area (Å²) in [6.07, 6.45) is 1.40. The Balaban J connectivity index is 1.41. The van der Waals surface area contributed by atoms with E-state index >= 15 is 0 Å². The third-order valence-electron chi connectivity index (χ3n) is 5.01. The standard InChI is InChI=1S/C23H20F2N6O2/c1-13-14(2)30-31(15(13)3)21-11-22(27-12-26-21)33-18-7-4-16(5-8-18)28-23(32)29-17-6-9-19(24)20(25)10-17/h4-12H,1-3H3,(H2,28,29,32). The lowest BCUT2D eigenvalue weighted by Gasteiger charge is -2.10. The largest absolute Gasteiger partial charge is 0.439 e. The first-order valence-electron chi connectivity index (χ1n) is 9.96. The summed E-state index contributed by atoms with van der Waals surface area (Å²) in [6.45, 7) is 5.90. The number of halogens is 2. The number of aromatic nitrogens is 4. The molecule has 10 heteroatoms. The van der Waals surface area contributed by atoms with E-state index in [0.717, 1.165) is 29.1 Å². The second kappa shape index (κ2) is 9.03. The van der Waals surface area contributed by atoms with Crippen LogP contribution in [-0.2, 0) is 0 Å². The molecule has 0 bridgehead atoms. The number of hydrogen-bond donors (Lipinski definition) is 2. The predicted molar refractivity (Wildman–Crippen MR) is 119 cm³/mol. The smallest absolute Gasteiger partial charge is 0.323 e. The Morgan fingerprint density at radius 1 is 0.909 bits per heavy atom. The number of nitrogens with one attached hydrogen (secondary N) is 2. The van der Waals surface area contributed by atoms with Gasteiger partial charge in [0.25, 0.3) is 0 Å². The number of nitrogens with zero attached hydrogens (tertiary/aromatic N) is 4. The molecular weight excluding hydrogens is 430 g/mol. The van der Waals surface area contributed by atoms with Crippen LogP contribution in [0.1, 0.15) is 17.0 Å². The van der Waals surface area contributed by atoms with E-state index < -0.39 is 17.7 Å². The fourth-order valence-electron chi connectivity index (χ4n) is 3.04. The molecule has 2 amide bonds. The molecule has 4 aromatic rings. The van der Waals surface area contributed by atoms with Crippen LogP contribution in [0.3, 0.4) is 0 Å². The Labute approximate surface area is 188 Å². The van der Waals surface area contributed by atoms with E-state index in [1.165, 1.54) is 12.4 Å². The number of carbonyl (C=O) groups excluding carboxylic acids is 1. The summed E-state index contributed by atoms with van der Waals surface area (Å²) in [5, 5.41) is 9.52. The van der Waals surface area contributed by atoms with Crippen molar-refractivity contribution in [2.75, 3.05) is 10.6 Å². The summed E-state index contributed by atoms with van der Waals surface area (Å²) in [5.41, 5.74) is 3.60. The molecule has 0 radical (unpaired) electrons. The third kappa shape index (κ3) is 4.95. The highest BCUT2D eigenvalue weighted by Crippen LogP contribution is 2.24. The molecule has 0 aliphatic heterocycles. The van der Waals surface area contributed by atoms with Gasteiger partial charge in [-0.15, -0.1) is 0 Å². The van der Waals surface area contributed by atoms with Crippen molar-refractivity contribution in [3.63, 3.8) is 0 Å². The Morgan fingerprint density at radius 3 is 2.27 bits per heavy atom. The zero-order valence-electron chi connectivity index (χ0n) is 18.1. The van der Waals surface area contributed by atoms with Crippen LogP contribution in [-0.4, -0.2) is 25.8 Å². The van der Waals surface area contributed by atoms with Crippen LogP contribution < -0.4 is 15.4 Å². The lowest BCUT2D eigenvalue weighted by Crippen LogP contribution is -2.19. The van der Waals surface area contributed by atoms with Gasteiger partial charge in [-0.2, -0.15) is 5.10 Å². The van der Waals surface area contributed by atoms with Gasteiger partial charge < -0.3 is 15.4 Å². The quantitative estimate of drug-likeness (QED) is 0.430. The number of anilines is 2. The molecule has 168 valence electrons. The highest BCUT2D eigenvalue weighted by atomic mass is 19.2. The third-order valence-corrected chi connectivity index (χ3v) is 5.01. The summed E-state index contributed by atoms with van der Waals surface area (Å²) in [7, 11) is 0. The molecule has 0 aliphatic rings. The van der Waals surface area contributed by atoms with Gasteiger partial charge in [0, 0.05) is 29.2 Å². The highest BCUT2D eigenvalue weighted by Gasteiger charge is 2.12. The zero-order valence-corrected chi connectivity index (χ0v) is 18.1. The number of benzene rings is 2. The van der Waals surface area contributed by atoms with Gasteiger partial charge in [0.05, 0.1) is 5.69 Å². The van der Waals surface area contributed by atoms with E-state index in [4.69, 9.17) is 4.74 Å². The minimum Gasteiger partial charge on any atom is -0.439 e. The molecular formula is C23H20F2N6O2. The fraction of sp³-hybridized carbons (Fsp3) is 0.130. The van der Waals surface area contributed by atoms with Crippen LogP contribution in [0, 0.1) is 32.4 Å². The van der Waals surface area contributed by atoms with Gasteiger partial charge in [-0.05, 0) is 62.7 Å². The van der Waals surface area contributed by atoms with Crippen LogP contribution in [0.25, 0.3) is 5.82 Å². The molecule has 4 rings (SSSR count). The van der Waals surface area contributed by atoms with E-state index in [1.807, 2.05) is 20.8 Å². The van der Waals surface area contributed by atoms with Crippen molar-refractivity contribution in [3.8, 4) is 17.4 Å². The number of ether oxygens (including phenoxy) is 1. The lowest BCUT2D eigenvalue weighted by atomic mass is 10.2. The molecule has 2 N–H and O–H groups in total. The summed E-state index contributed by atoms with van der Waals surface area (Å²) in [6, 6.07) is 10.7. The Kier molecular flexibility index (Phi) is 5.99. The monoisotopic (exact) mass is 450 g/mol. The molecule has 33 heavy (non-hydrogen) atoms. The number of aryl methyl sites for hydroxylation is 1. The SMILES string of the molecule is Cc1nn(-c2cc(Oc3ccc(NC(=O)Nc4ccc(F)c(F)c4)cc3)ncn2)c(C)c1C. The second-order valence-corrected chi connectivity index (χ2v) is 7.26. The van der Waals surface area contributed by atoms with Crippen molar-refractivity contribution in [3.05, 3.63) is 83.4 Å². The minimum atomic E-state index is -1.05. The summed E-state index contributed by atoms with van der Waals surface area (Å²) in [4.78, 5) is 20.5. The molecule has 0 atom stereocenters. The maximum absolute atomic E-state index is 13.3. The molecule has 0 spiro atoms. The van der Waals surface area contributed by atoms with Gasteiger partial charge >= 0.3 is 6.03 Å². The van der Waals surface area contributed by atoms with Crippen molar-refractivity contribution in [2.45, 2.75) is 20.8 Å². The zero-order chi connectivity index (χ0) is 23.5. The summed E-state index contributed by atoms with van der Waals surface area (Å²) >= 11 is 0. The number of urea groups is 1. The van der Waals surface area contributed by atoms with Gasteiger partial charge in [-0.25, -0.2) is 28.2 Å². The molecule has 0 saturated carbocycles. The van der Waals surface area contributed by atoms with Crippen LogP contribution in [0.2, 0.25) is 0 Å². The van der Waals surface area contributed by atoms with Crippen molar-refractivity contribution in [1.29, 1.82) is 0 Å². The molecule has 2 aromatic carbocycles. The number of rotatable bonds is 5. The van der Waals surface area contributed by atoms with Gasteiger partial charge in [-0.1, -0.05) is 0 Å². The predicted octanol–water partition coefficient (Wildman–Crippen LogP) is 5.30. The Hall–Kier alpha value is -4.34. The number of carbonyl (C=O) groups is 1. The van der Waals surface area contributed by atoms with Crippen molar-refractivity contribution in [2.24, 2.45) is 0 Å². The van der Waals surface area contributed by atoms with E-state index in [0.29, 0.717) is 23.1 Å². The molecule has 8 nitrogen and oxygen atoms in total. The van der Waals surface area contributed by atoms with E-state index in [9.17, 15) is 13.6 Å². The molecule has 0 saturated heterocycles. The Morgan fingerprint density at radius 2 is 1.61 bits per heavy atom. The second-order valence-electron chi connectivity index (χ2n) is 7.26. The average molecular weight is 450 g/mol. The molecule has 2 heterocycles. The normalized spacial score (nSPS) is 10.7. The van der Waals surface area contributed by atoms with E-state index in [-0.39, 0.29) is 5.69 Å². The van der Waals surface area contributed by atoms with Crippen LogP contribution >= 0.6 is 0 Å². The minimum absolute atomic E-state index is 0.128. The molecule has 0 fully saturated rings. The average Bonchev–Trinajstić information content (AvgIpc) is 3.05. The fourth-order valence-corrected chi connectivity index (χ4v) is 3.04. The van der Waals surface area contributed by atoms with Crippen molar-refractivity contribution >= 4 is 17.4 Å². The first kappa shape index (κ1) is 21.9. The van der Waals surface area contributed by atoms with Gasteiger partial charge in [0.2, 0.25) is 5.88 Å². The van der Waals surface area contributed by atoms with Crippen molar-refractivity contribution in [1.82, 2.24) is 19.7 Å².